The molecule has 0 fully saturated rings. The molecule has 0 bridgehead atoms. The number of aromatic amines is 1. The number of carbonyl (C=O) groups is 1. The van der Waals surface area contributed by atoms with Crippen molar-refractivity contribution in [3.63, 3.8) is 0 Å². The van der Waals surface area contributed by atoms with E-state index in [1.165, 1.54) is 0 Å². The first-order chi connectivity index (χ1) is 6.43. The second kappa shape index (κ2) is 3.87. The van der Waals surface area contributed by atoms with E-state index in [0.717, 1.165) is 0 Å². The number of hydrogen-bond donors (Lipinski definition) is 2. The Morgan fingerprint density at radius 2 is 2.14 bits per heavy atom. The fourth-order valence-corrected chi connectivity index (χ4v) is 1.51. The highest BCUT2D eigenvalue weighted by Gasteiger charge is 2.22. The van der Waals surface area contributed by atoms with Crippen LogP contribution >= 0.6 is 15.9 Å². The summed E-state index contributed by atoms with van der Waals surface area (Å²) in [4.78, 5) is 23.4. The monoisotopic (exact) mass is 267 g/mol. The normalized spacial score (nSPS) is 10.6. The first kappa shape index (κ1) is 10.8. The largest absolute Gasteiger partial charge is 0.478 e. The number of nitrogens with one attached hydrogen (secondary N) is 1. The molecule has 14 heavy (non-hydrogen) atoms. The van der Waals surface area contributed by atoms with Gasteiger partial charge in [-0.3, -0.25) is 4.79 Å². The summed E-state index contributed by atoms with van der Waals surface area (Å²) in [6.07, 6.45) is -2.97. The van der Waals surface area contributed by atoms with Gasteiger partial charge in [0.2, 0.25) is 5.56 Å². The molecular weight excluding hydrogens is 264 g/mol. The highest BCUT2D eigenvalue weighted by Crippen LogP contribution is 2.27. The van der Waals surface area contributed by atoms with Gasteiger partial charge in [-0.1, -0.05) is 0 Å². The molecule has 7 heteroatoms. The summed E-state index contributed by atoms with van der Waals surface area (Å²) >= 11 is 2.67. The van der Waals surface area contributed by atoms with Crippen LogP contribution in [-0.2, 0) is 0 Å². The third-order valence-electron chi connectivity index (χ3n) is 1.48. The van der Waals surface area contributed by atoms with Crippen molar-refractivity contribution in [3.05, 3.63) is 32.2 Å². The summed E-state index contributed by atoms with van der Waals surface area (Å²) in [6.45, 7) is 0. The van der Waals surface area contributed by atoms with Crippen molar-refractivity contribution < 1.29 is 18.7 Å². The summed E-state index contributed by atoms with van der Waals surface area (Å²) in [5, 5.41) is 8.56. The van der Waals surface area contributed by atoms with E-state index in [1.807, 2.05) is 4.98 Å². The van der Waals surface area contributed by atoms with Gasteiger partial charge in [0.25, 0.3) is 6.43 Å². The zero-order valence-corrected chi connectivity index (χ0v) is 8.14. The predicted octanol–water partition coefficient (Wildman–Crippen LogP) is 1.77. The Morgan fingerprint density at radius 3 is 2.57 bits per heavy atom. The third-order valence-corrected chi connectivity index (χ3v) is 2.11. The summed E-state index contributed by atoms with van der Waals surface area (Å²) < 4.78 is 24.4. The van der Waals surface area contributed by atoms with Crippen LogP contribution in [0.3, 0.4) is 0 Å². The Morgan fingerprint density at radius 1 is 1.57 bits per heavy atom. The van der Waals surface area contributed by atoms with Crippen molar-refractivity contribution in [2.45, 2.75) is 6.43 Å². The molecule has 1 heterocycles. The minimum absolute atomic E-state index is 0.308. The quantitative estimate of drug-likeness (QED) is 0.803. The van der Waals surface area contributed by atoms with Gasteiger partial charge < -0.3 is 10.1 Å². The molecule has 1 aromatic heterocycles. The summed E-state index contributed by atoms with van der Waals surface area (Å²) in [7, 11) is 0. The topological polar surface area (TPSA) is 70.2 Å². The third kappa shape index (κ3) is 1.98. The Balaban J connectivity index is 3.52. The van der Waals surface area contributed by atoms with Crippen molar-refractivity contribution >= 4 is 21.9 Å². The standard InChI is InChI=1S/C7H4BrF2NO3/c8-5-4(6(9)10)2(7(13)14)1-3(12)11-5/h1,6H,(H,11,12)(H,13,14). The van der Waals surface area contributed by atoms with Crippen molar-refractivity contribution in [3.8, 4) is 0 Å². The van der Waals surface area contributed by atoms with Crippen molar-refractivity contribution in [1.29, 1.82) is 0 Å². The van der Waals surface area contributed by atoms with E-state index in [1.54, 1.807) is 0 Å². The molecule has 76 valence electrons. The first-order valence-corrected chi connectivity index (χ1v) is 4.17. The lowest BCUT2D eigenvalue weighted by atomic mass is 10.1. The smallest absolute Gasteiger partial charge is 0.336 e. The number of hydrogen-bond acceptors (Lipinski definition) is 2. The van der Waals surface area contributed by atoms with E-state index in [4.69, 9.17) is 5.11 Å². The molecule has 4 nitrogen and oxygen atoms in total. The van der Waals surface area contributed by atoms with Crippen LogP contribution in [0.5, 0.6) is 0 Å². The first-order valence-electron chi connectivity index (χ1n) is 3.37. The number of H-pyrrole nitrogens is 1. The van der Waals surface area contributed by atoms with Crippen LogP contribution in [0.25, 0.3) is 0 Å². The molecule has 0 aliphatic carbocycles. The minimum atomic E-state index is -2.97. The van der Waals surface area contributed by atoms with Crippen molar-refractivity contribution in [1.82, 2.24) is 4.98 Å². The lowest BCUT2D eigenvalue weighted by Crippen LogP contribution is -2.14. The number of alkyl halides is 2. The zero-order valence-electron chi connectivity index (χ0n) is 6.55. The zero-order chi connectivity index (χ0) is 10.9. The molecule has 0 radical (unpaired) electrons. The average Bonchev–Trinajstić information content (AvgIpc) is 2.01. The van der Waals surface area contributed by atoms with Gasteiger partial charge in [0.05, 0.1) is 15.7 Å². The Kier molecular flexibility index (Phi) is 3.00. The second-order valence-electron chi connectivity index (χ2n) is 2.38. The van der Waals surface area contributed by atoms with Crippen LogP contribution in [0.1, 0.15) is 22.3 Å². The van der Waals surface area contributed by atoms with E-state index in [0.29, 0.717) is 6.07 Å². The highest BCUT2D eigenvalue weighted by molar-refractivity contribution is 9.10. The van der Waals surface area contributed by atoms with E-state index in [9.17, 15) is 18.4 Å². The van der Waals surface area contributed by atoms with Gasteiger partial charge in [-0.2, -0.15) is 0 Å². The van der Waals surface area contributed by atoms with Gasteiger partial charge in [0.1, 0.15) is 0 Å². The molecule has 0 saturated heterocycles. The molecule has 0 atom stereocenters. The fourth-order valence-electron chi connectivity index (χ4n) is 0.929. The summed E-state index contributed by atoms with van der Waals surface area (Å²) in [5.41, 5.74) is -2.17. The summed E-state index contributed by atoms with van der Waals surface area (Å²) in [6, 6.07) is 0.620. The predicted molar refractivity (Wildman–Crippen MR) is 46.7 cm³/mol. The number of aromatic carboxylic acids is 1. The van der Waals surface area contributed by atoms with E-state index in [2.05, 4.69) is 15.9 Å². The second-order valence-corrected chi connectivity index (χ2v) is 3.17. The maximum Gasteiger partial charge on any atom is 0.336 e. The van der Waals surface area contributed by atoms with Gasteiger partial charge in [-0.25, -0.2) is 13.6 Å². The van der Waals surface area contributed by atoms with Crippen molar-refractivity contribution in [2.75, 3.05) is 0 Å². The Labute approximate surface area is 84.7 Å². The van der Waals surface area contributed by atoms with Crippen LogP contribution in [-0.4, -0.2) is 16.1 Å². The molecular formula is C7H4BrF2NO3. The maximum atomic E-state index is 12.4. The van der Waals surface area contributed by atoms with Gasteiger partial charge in [-0.05, 0) is 15.9 Å². The molecule has 0 aliphatic rings. The van der Waals surface area contributed by atoms with Gasteiger partial charge in [-0.15, -0.1) is 0 Å². The van der Waals surface area contributed by atoms with Crippen LogP contribution in [0.4, 0.5) is 8.78 Å². The fraction of sp³-hybridized carbons (Fsp3) is 0.143. The van der Waals surface area contributed by atoms with E-state index >= 15 is 0 Å². The number of aromatic nitrogens is 1. The molecule has 2 N–H and O–H groups in total. The highest BCUT2D eigenvalue weighted by atomic mass is 79.9. The van der Waals surface area contributed by atoms with Gasteiger partial charge >= 0.3 is 5.97 Å². The molecule has 0 aliphatic heterocycles. The van der Waals surface area contributed by atoms with Gasteiger partial charge in [0.15, 0.2) is 0 Å². The number of halogens is 3. The van der Waals surface area contributed by atoms with E-state index in [-0.39, 0.29) is 4.60 Å². The molecule has 1 aromatic rings. The Bertz CT molecular complexity index is 429. The van der Waals surface area contributed by atoms with E-state index < -0.39 is 29.1 Å². The number of pyridine rings is 1. The molecule has 0 unspecified atom stereocenters. The molecule has 0 aromatic carbocycles. The van der Waals surface area contributed by atoms with Gasteiger partial charge in [0, 0.05) is 6.07 Å². The van der Waals surface area contributed by atoms with Crippen molar-refractivity contribution in [2.24, 2.45) is 0 Å². The minimum Gasteiger partial charge on any atom is -0.478 e. The molecule has 1 rings (SSSR count). The van der Waals surface area contributed by atoms with Crippen LogP contribution in [0, 0.1) is 0 Å². The summed E-state index contributed by atoms with van der Waals surface area (Å²) in [5.74, 6) is -1.56. The molecule has 0 spiro atoms. The van der Waals surface area contributed by atoms with Crippen LogP contribution < -0.4 is 5.56 Å². The van der Waals surface area contributed by atoms with Crippen LogP contribution in [0.15, 0.2) is 15.5 Å². The molecule has 0 saturated carbocycles. The average molecular weight is 268 g/mol. The number of rotatable bonds is 2. The maximum absolute atomic E-state index is 12.4. The lowest BCUT2D eigenvalue weighted by Gasteiger charge is -2.05. The number of carboxylic acids is 1. The number of carboxylic acid groups (broad SMARTS) is 1. The van der Waals surface area contributed by atoms with Crippen LogP contribution in [0.2, 0.25) is 0 Å². The Hall–Kier alpha value is -1.24. The molecule has 0 amide bonds. The SMILES string of the molecule is O=C(O)c1cc(=O)[nH]c(Br)c1C(F)F. The lowest BCUT2D eigenvalue weighted by molar-refractivity contribution is 0.0683.